The molecule has 104 valence electrons. The number of hydrogen-bond donors (Lipinski definition) is 3. The molecule has 2 rings (SSSR count). The second kappa shape index (κ2) is 6.84. The van der Waals surface area contributed by atoms with E-state index in [1.807, 2.05) is 54.6 Å². The molecule has 0 saturated heterocycles. The third-order valence-corrected chi connectivity index (χ3v) is 3.02. The lowest BCUT2D eigenvalue weighted by atomic mass is 10.0. The molecule has 0 aliphatic rings. The summed E-state index contributed by atoms with van der Waals surface area (Å²) >= 11 is 0. The molecule has 1 unspecified atom stereocenters. The lowest BCUT2D eigenvalue weighted by Crippen LogP contribution is -2.27. The maximum atomic E-state index is 10.4. The number of nitrogens with one attached hydrogen (secondary N) is 1. The Bertz CT molecular complexity index is 552. The van der Waals surface area contributed by atoms with Gasteiger partial charge in [0.15, 0.2) is 0 Å². The van der Waals surface area contributed by atoms with Crippen molar-refractivity contribution in [2.24, 2.45) is 0 Å². The molecule has 0 heterocycles. The van der Waals surface area contributed by atoms with Crippen molar-refractivity contribution in [3.63, 3.8) is 0 Å². The molecule has 0 bridgehead atoms. The molecule has 2 aromatic carbocycles. The normalized spacial score (nSPS) is 12.1. The minimum absolute atomic E-state index is 0.154. The first kappa shape index (κ1) is 14.2. The fraction of sp³-hybridized carbons (Fsp3) is 0.188. The molecule has 20 heavy (non-hydrogen) atoms. The monoisotopic (exact) mass is 271 g/mol. The van der Waals surface area contributed by atoms with Crippen molar-refractivity contribution < 1.29 is 15.0 Å². The summed E-state index contributed by atoms with van der Waals surface area (Å²) in [7, 11) is 0. The lowest BCUT2D eigenvalue weighted by molar-refractivity contribution is -0.136. The van der Waals surface area contributed by atoms with Crippen LogP contribution in [0.1, 0.15) is 11.7 Å². The zero-order valence-electron chi connectivity index (χ0n) is 11.0. The van der Waals surface area contributed by atoms with E-state index in [-0.39, 0.29) is 13.1 Å². The highest BCUT2D eigenvalue weighted by Gasteiger charge is 2.08. The van der Waals surface area contributed by atoms with Gasteiger partial charge in [0.25, 0.3) is 0 Å². The maximum absolute atomic E-state index is 10.4. The van der Waals surface area contributed by atoms with Crippen molar-refractivity contribution in [3.8, 4) is 11.1 Å². The molecule has 4 heteroatoms. The van der Waals surface area contributed by atoms with Gasteiger partial charge in [-0.1, -0.05) is 54.6 Å². The molecule has 0 fully saturated rings. The molecule has 2 aromatic rings. The molecular formula is C16H17NO3. The Labute approximate surface area is 117 Å². The molecule has 1 atom stereocenters. The van der Waals surface area contributed by atoms with Crippen LogP contribution in [0.15, 0.2) is 54.6 Å². The molecule has 0 amide bonds. The number of carbonyl (C=O) groups is 1. The lowest BCUT2D eigenvalue weighted by Gasteiger charge is -2.12. The van der Waals surface area contributed by atoms with E-state index in [0.717, 1.165) is 16.7 Å². The van der Waals surface area contributed by atoms with Crippen molar-refractivity contribution >= 4 is 5.97 Å². The van der Waals surface area contributed by atoms with E-state index in [9.17, 15) is 9.90 Å². The second-order valence-electron chi connectivity index (χ2n) is 4.53. The van der Waals surface area contributed by atoms with Gasteiger partial charge >= 0.3 is 5.97 Å². The molecule has 0 aliphatic heterocycles. The molecule has 0 spiro atoms. The van der Waals surface area contributed by atoms with Crippen molar-refractivity contribution in [3.05, 3.63) is 60.2 Å². The van der Waals surface area contributed by atoms with Crippen LogP contribution >= 0.6 is 0 Å². The molecule has 0 saturated carbocycles. The summed E-state index contributed by atoms with van der Waals surface area (Å²) in [6, 6.07) is 17.6. The van der Waals surface area contributed by atoms with Crippen molar-refractivity contribution in [2.75, 3.05) is 13.1 Å². The van der Waals surface area contributed by atoms with Gasteiger partial charge in [-0.3, -0.25) is 4.79 Å². The summed E-state index contributed by atoms with van der Waals surface area (Å²) in [5, 5.41) is 21.1. The topological polar surface area (TPSA) is 69.6 Å². The summed E-state index contributed by atoms with van der Waals surface area (Å²) in [4.78, 5) is 10.4. The minimum Gasteiger partial charge on any atom is -0.480 e. The Hall–Kier alpha value is -2.17. The SMILES string of the molecule is O=C(O)CNCC(O)c1ccc(-c2ccccc2)cc1. The summed E-state index contributed by atoms with van der Waals surface area (Å²) in [5.41, 5.74) is 2.97. The van der Waals surface area contributed by atoms with Crippen molar-refractivity contribution in [1.29, 1.82) is 0 Å². The van der Waals surface area contributed by atoms with Crippen LogP contribution in [0.4, 0.5) is 0 Å². The molecule has 3 N–H and O–H groups in total. The third kappa shape index (κ3) is 3.91. The van der Waals surface area contributed by atoms with E-state index in [1.54, 1.807) is 0 Å². The number of aliphatic hydroxyl groups excluding tert-OH is 1. The van der Waals surface area contributed by atoms with Crippen molar-refractivity contribution in [1.82, 2.24) is 5.32 Å². The highest BCUT2D eigenvalue weighted by atomic mass is 16.4. The molecule has 0 aromatic heterocycles. The summed E-state index contributed by atoms with van der Waals surface area (Å²) < 4.78 is 0. The minimum atomic E-state index is -0.934. The number of aliphatic hydroxyl groups is 1. The fourth-order valence-corrected chi connectivity index (χ4v) is 1.96. The van der Waals surface area contributed by atoms with E-state index in [1.165, 1.54) is 0 Å². The molecule has 0 radical (unpaired) electrons. The quantitative estimate of drug-likeness (QED) is 0.752. The van der Waals surface area contributed by atoms with E-state index in [0.29, 0.717) is 0 Å². The molecule has 0 aliphatic carbocycles. The predicted molar refractivity (Wildman–Crippen MR) is 77.3 cm³/mol. The molecular weight excluding hydrogens is 254 g/mol. The van der Waals surface area contributed by atoms with Crippen LogP contribution < -0.4 is 5.32 Å². The molecule has 4 nitrogen and oxygen atoms in total. The zero-order chi connectivity index (χ0) is 14.4. The highest BCUT2D eigenvalue weighted by molar-refractivity contribution is 5.69. The number of benzene rings is 2. The number of aliphatic carboxylic acids is 1. The van der Waals surface area contributed by atoms with E-state index >= 15 is 0 Å². The van der Waals surface area contributed by atoms with Crippen molar-refractivity contribution in [2.45, 2.75) is 6.10 Å². The van der Waals surface area contributed by atoms with Gasteiger partial charge in [-0.15, -0.1) is 0 Å². The van der Waals surface area contributed by atoms with Gasteiger partial charge < -0.3 is 15.5 Å². The number of carboxylic acids is 1. The summed E-state index contributed by atoms with van der Waals surface area (Å²) in [6.45, 7) is 0.0656. The third-order valence-electron chi connectivity index (χ3n) is 3.02. The predicted octanol–water partition coefficient (Wildman–Crippen LogP) is 2.06. The van der Waals surface area contributed by atoms with Gasteiger partial charge in [0.05, 0.1) is 12.6 Å². The van der Waals surface area contributed by atoms with E-state index < -0.39 is 12.1 Å². The Kier molecular flexibility index (Phi) is 4.87. The number of carboxylic acid groups (broad SMARTS) is 1. The van der Waals surface area contributed by atoms with Gasteiger partial charge in [0.2, 0.25) is 0 Å². The van der Waals surface area contributed by atoms with Crippen LogP contribution in [0.3, 0.4) is 0 Å². The van der Waals surface area contributed by atoms with Crippen LogP contribution in [0, 0.1) is 0 Å². The average molecular weight is 271 g/mol. The van der Waals surface area contributed by atoms with Crippen LogP contribution in [-0.4, -0.2) is 29.3 Å². The Morgan fingerprint density at radius 2 is 1.60 bits per heavy atom. The number of rotatable bonds is 6. The van der Waals surface area contributed by atoms with Crippen LogP contribution in [0.25, 0.3) is 11.1 Å². The fourth-order valence-electron chi connectivity index (χ4n) is 1.96. The van der Waals surface area contributed by atoms with Gasteiger partial charge in [0.1, 0.15) is 0 Å². The van der Waals surface area contributed by atoms with Crippen LogP contribution in [0.2, 0.25) is 0 Å². The van der Waals surface area contributed by atoms with Gasteiger partial charge in [-0.05, 0) is 16.7 Å². The average Bonchev–Trinajstić information content (AvgIpc) is 2.48. The van der Waals surface area contributed by atoms with E-state index in [4.69, 9.17) is 5.11 Å². The van der Waals surface area contributed by atoms with Gasteiger partial charge in [0, 0.05) is 6.54 Å². The second-order valence-corrected chi connectivity index (χ2v) is 4.53. The van der Waals surface area contributed by atoms with Crippen LogP contribution in [-0.2, 0) is 4.79 Å². The summed E-state index contributed by atoms with van der Waals surface area (Å²) in [6.07, 6.45) is -0.709. The Morgan fingerprint density at radius 3 is 2.20 bits per heavy atom. The smallest absolute Gasteiger partial charge is 0.317 e. The maximum Gasteiger partial charge on any atom is 0.317 e. The number of hydrogen-bond acceptors (Lipinski definition) is 3. The zero-order valence-corrected chi connectivity index (χ0v) is 11.0. The first-order chi connectivity index (χ1) is 9.66. The van der Waals surface area contributed by atoms with E-state index in [2.05, 4.69) is 5.32 Å². The standard InChI is InChI=1S/C16H17NO3/c18-15(10-17-11-16(19)20)14-8-6-13(7-9-14)12-4-2-1-3-5-12/h1-9,15,17-18H,10-11H2,(H,19,20). The first-order valence-corrected chi connectivity index (χ1v) is 6.43. The van der Waals surface area contributed by atoms with Crippen LogP contribution in [0.5, 0.6) is 0 Å². The first-order valence-electron chi connectivity index (χ1n) is 6.43. The Morgan fingerprint density at radius 1 is 1.00 bits per heavy atom. The van der Waals surface area contributed by atoms with Gasteiger partial charge in [-0.2, -0.15) is 0 Å². The Balaban J connectivity index is 1.99. The highest BCUT2D eigenvalue weighted by Crippen LogP contribution is 2.21. The summed E-state index contributed by atoms with van der Waals surface area (Å²) in [5.74, 6) is -0.934. The van der Waals surface area contributed by atoms with Gasteiger partial charge in [-0.25, -0.2) is 0 Å². The largest absolute Gasteiger partial charge is 0.480 e.